The lowest BCUT2D eigenvalue weighted by Crippen LogP contribution is -2.39. The third-order valence-electron chi connectivity index (χ3n) is 6.41. The van der Waals surface area contributed by atoms with Crippen molar-refractivity contribution in [1.82, 2.24) is 5.16 Å². The van der Waals surface area contributed by atoms with Crippen molar-refractivity contribution in [3.63, 3.8) is 0 Å². The van der Waals surface area contributed by atoms with Crippen LogP contribution in [0, 0.1) is 6.92 Å². The zero-order valence-corrected chi connectivity index (χ0v) is 15.4. The van der Waals surface area contributed by atoms with Gasteiger partial charge in [0.05, 0.1) is 17.2 Å². The van der Waals surface area contributed by atoms with Crippen LogP contribution in [0.4, 0.5) is 5.69 Å². The Hall–Kier alpha value is -2.53. The molecule has 0 radical (unpaired) electrons. The second kappa shape index (κ2) is 5.49. The fourth-order valence-electron chi connectivity index (χ4n) is 5.06. The Labute approximate surface area is 157 Å². The summed E-state index contributed by atoms with van der Waals surface area (Å²) in [5, 5.41) is 5.20. The van der Waals surface area contributed by atoms with E-state index in [0.717, 1.165) is 48.5 Å². The van der Waals surface area contributed by atoms with Crippen LogP contribution in [-0.2, 0) is 10.2 Å². The van der Waals surface area contributed by atoms with E-state index < -0.39 is 0 Å². The predicted octanol–water partition coefficient (Wildman–Crippen LogP) is 3.81. The normalized spacial score (nSPS) is 26.0. The van der Waals surface area contributed by atoms with Gasteiger partial charge in [0, 0.05) is 42.4 Å². The Balaban J connectivity index is 1.48. The molecule has 1 unspecified atom stereocenters. The van der Waals surface area contributed by atoms with Gasteiger partial charge in [-0.05, 0) is 37.5 Å². The number of hydrogen-bond donors (Lipinski definition) is 0. The van der Waals surface area contributed by atoms with Crippen molar-refractivity contribution in [3.05, 3.63) is 53.2 Å². The highest BCUT2D eigenvalue weighted by molar-refractivity contribution is 5.84. The zero-order chi connectivity index (χ0) is 18.0. The Morgan fingerprint density at radius 3 is 3.04 bits per heavy atom. The SMILES string of the molecule is Cc1noc2cc3c(cc12)C1(CO3)CN(C[C@H]2CCCO2)c2ccccc21. The van der Waals surface area contributed by atoms with E-state index in [9.17, 15) is 0 Å². The molecule has 3 aromatic rings. The van der Waals surface area contributed by atoms with Crippen molar-refractivity contribution in [2.75, 3.05) is 31.2 Å². The third kappa shape index (κ3) is 2.12. The standard InChI is InChI=1S/C22H22N2O3/c1-14-16-9-18-21(10-20(16)27-23-14)26-13-22(18)12-24(11-15-5-4-8-25-15)19-7-3-2-6-17(19)22/h2-3,6-7,9-10,15H,4-5,8,11-13H2,1H3/t15-,22?/m1/s1. The van der Waals surface area contributed by atoms with Gasteiger partial charge in [0.15, 0.2) is 5.58 Å². The fraction of sp³-hybridized carbons (Fsp3) is 0.409. The van der Waals surface area contributed by atoms with Gasteiger partial charge in [-0.25, -0.2) is 0 Å². The van der Waals surface area contributed by atoms with Crippen LogP contribution in [0.3, 0.4) is 0 Å². The molecule has 1 saturated heterocycles. The zero-order valence-electron chi connectivity index (χ0n) is 15.4. The molecule has 1 aromatic heterocycles. The highest BCUT2D eigenvalue weighted by Gasteiger charge is 2.50. The van der Waals surface area contributed by atoms with Crippen LogP contribution in [0.15, 0.2) is 40.9 Å². The van der Waals surface area contributed by atoms with E-state index in [1.807, 2.05) is 13.0 Å². The van der Waals surface area contributed by atoms with Gasteiger partial charge in [-0.2, -0.15) is 0 Å². The number of rotatable bonds is 2. The van der Waals surface area contributed by atoms with Crippen LogP contribution in [0.5, 0.6) is 5.75 Å². The molecule has 27 heavy (non-hydrogen) atoms. The smallest absolute Gasteiger partial charge is 0.170 e. The first-order chi connectivity index (χ1) is 13.2. The maximum absolute atomic E-state index is 6.18. The van der Waals surface area contributed by atoms with Gasteiger partial charge < -0.3 is 18.9 Å². The van der Waals surface area contributed by atoms with E-state index in [-0.39, 0.29) is 5.41 Å². The lowest BCUT2D eigenvalue weighted by molar-refractivity contribution is 0.115. The summed E-state index contributed by atoms with van der Waals surface area (Å²) in [6.45, 7) is 5.42. The minimum absolute atomic E-state index is 0.136. The Kier molecular flexibility index (Phi) is 3.15. The minimum Gasteiger partial charge on any atom is -0.492 e. The molecule has 1 fully saturated rings. The van der Waals surface area contributed by atoms with E-state index in [1.54, 1.807) is 0 Å². The molecule has 0 bridgehead atoms. The molecule has 0 saturated carbocycles. The van der Waals surface area contributed by atoms with E-state index in [4.69, 9.17) is 14.0 Å². The van der Waals surface area contributed by atoms with E-state index in [1.165, 1.54) is 23.2 Å². The van der Waals surface area contributed by atoms with Gasteiger partial charge >= 0.3 is 0 Å². The van der Waals surface area contributed by atoms with E-state index in [2.05, 4.69) is 40.4 Å². The number of aromatic nitrogens is 1. The third-order valence-corrected chi connectivity index (χ3v) is 6.41. The second-order valence-corrected chi connectivity index (χ2v) is 8.02. The predicted molar refractivity (Wildman–Crippen MR) is 103 cm³/mol. The Bertz CT molecular complexity index is 1040. The highest BCUT2D eigenvalue weighted by atomic mass is 16.5. The first kappa shape index (κ1) is 15.5. The first-order valence-corrected chi connectivity index (χ1v) is 9.74. The number of para-hydroxylation sites is 1. The van der Waals surface area contributed by atoms with E-state index in [0.29, 0.717) is 12.7 Å². The molecule has 2 atom stereocenters. The summed E-state index contributed by atoms with van der Waals surface area (Å²) in [6, 6.07) is 13.0. The summed E-state index contributed by atoms with van der Waals surface area (Å²) in [4.78, 5) is 2.49. The van der Waals surface area contributed by atoms with Crippen LogP contribution in [0.1, 0.15) is 29.7 Å². The number of aryl methyl sites for hydroxylation is 1. The van der Waals surface area contributed by atoms with Gasteiger partial charge in [0.25, 0.3) is 0 Å². The topological polar surface area (TPSA) is 47.7 Å². The van der Waals surface area contributed by atoms with Crippen molar-refractivity contribution >= 4 is 16.7 Å². The average Bonchev–Trinajstić information content (AvgIpc) is 3.46. The molecule has 2 aromatic carbocycles. The molecule has 0 amide bonds. The Morgan fingerprint density at radius 1 is 1.22 bits per heavy atom. The number of nitrogens with zero attached hydrogens (tertiary/aromatic N) is 2. The molecular weight excluding hydrogens is 340 g/mol. The van der Waals surface area contributed by atoms with Crippen LogP contribution < -0.4 is 9.64 Å². The molecule has 1 spiro atoms. The van der Waals surface area contributed by atoms with Crippen molar-refractivity contribution in [3.8, 4) is 5.75 Å². The van der Waals surface area contributed by atoms with E-state index >= 15 is 0 Å². The Morgan fingerprint density at radius 2 is 2.15 bits per heavy atom. The monoisotopic (exact) mass is 362 g/mol. The van der Waals surface area contributed by atoms with Crippen LogP contribution in [0.25, 0.3) is 11.0 Å². The van der Waals surface area contributed by atoms with Crippen LogP contribution >= 0.6 is 0 Å². The van der Waals surface area contributed by atoms with Crippen LogP contribution in [-0.4, -0.2) is 37.6 Å². The molecule has 6 rings (SSSR count). The van der Waals surface area contributed by atoms with Crippen LogP contribution in [0.2, 0.25) is 0 Å². The van der Waals surface area contributed by atoms with Gasteiger partial charge in [-0.1, -0.05) is 23.4 Å². The molecule has 4 heterocycles. The number of anilines is 1. The fourth-order valence-corrected chi connectivity index (χ4v) is 5.06. The van der Waals surface area contributed by atoms with Gasteiger partial charge in [0.1, 0.15) is 12.4 Å². The molecule has 5 heteroatoms. The molecule has 138 valence electrons. The number of fused-ring (bicyclic) bond motifs is 5. The van der Waals surface area contributed by atoms with Crippen molar-refractivity contribution in [1.29, 1.82) is 0 Å². The summed E-state index contributed by atoms with van der Waals surface area (Å²) in [5.41, 5.74) is 5.51. The first-order valence-electron chi connectivity index (χ1n) is 9.74. The highest BCUT2D eigenvalue weighted by Crippen LogP contribution is 2.52. The van der Waals surface area contributed by atoms with Gasteiger partial charge in [0.2, 0.25) is 0 Å². The lowest BCUT2D eigenvalue weighted by atomic mass is 9.77. The number of hydrogen-bond acceptors (Lipinski definition) is 5. The quantitative estimate of drug-likeness (QED) is 0.694. The summed E-state index contributed by atoms with van der Waals surface area (Å²) >= 11 is 0. The van der Waals surface area contributed by atoms with Crippen molar-refractivity contribution in [2.45, 2.75) is 31.3 Å². The molecule has 3 aliphatic heterocycles. The molecule has 0 N–H and O–H groups in total. The van der Waals surface area contributed by atoms with Gasteiger partial charge in [-0.15, -0.1) is 0 Å². The summed E-state index contributed by atoms with van der Waals surface area (Å²) in [5.74, 6) is 0.924. The number of benzene rings is 2. The average molecular weight is 362 g/mol. The largest absolute Gasteiger partial charge is 0.492 e. The minimum atomic E-state index is -0.136. The molecule has 5 nitrogen and oxygen atoms in total. The maximum atomic E-state index is 6.18. The number of ether oxygens (including phenoxy) is 2. The maximum Gasteiger partial charge on any atom is 0.170 e. The summed E-state index contributed by atoms with van der Waals surface area (Å²) in [6.07, 6.45) is 2.65. The molecule has 0 aliphatic carbocycles. The molecule has 3 aliphatic rings. The summed E-state index contributed by atoms with van der Waals surface area (Å²) in [7, 11) is 0. The van der Waals surface area contributed by atoms with Crippen molar-refractivity contribution < 1.29 is 14.0 Å². The lowest BCUT2D eigenvalue weighted by Gasteiger charge is -2.26. The molecular formula is C22H22N2O3. The van der Waals surface area contributed by atoms with Gasteiger partial charge in [-0.3, -0.25) is 0 Å². The van der Waals surface area contributed by atoms with Crippen molar-refractivity contribution in [2.24, 2.45) is 0 Å². The second-order valence-electron chi connectivity index (χ2n) is 8.02. The summed E-state index contributed by atoms with van der Waals surface area (Å²) < 4.78 is 17.6.